The van der Waals surface area contributed by atoms with Crippen LogP contribution in [0.15, 0.2) is 4.99 Å². The maximum Gasteiger partial charge on any atom is 0.401 e. The number of hydrogen-bond donors (Lipinski definition) is 2. The van der Waals surface area contributed by atoms with E-state index in [-0.39, 0.29) is 24.0 Å². The lowest BCUT2D eigenvalue weighted by Crippen LogP contribution is -2.41. The Morgan fingerprint density at radius 3 is 2.25 bits per heavy atom. The van der Waals surface area contributed by atoms with Crippen molar-refractivity contribution in [3.63, 3.8) is 0 Å². The third-order valence-corrected chi connectivity index (χ3v) is 4.19. The van der Waals surface area contributed by atoms with Crippen molar-refractivity contribution < 1.29 is 13.2 Å². The van der Waals surface area contributed by atoms with Crippen molar-refractivity contribution in [1.82, 2.24) is 15.5 Å². The predicted octanol–water partition coefficient (Wildman–Crippen LogP) is 3.48. The highest BCUT2D eigenvalue weighted by Crippen LogP contribution is 2.23. The second kappa shape index (κ2) is 12.2. The van der Waals surface area contributed by atoms with Gasteiger partial charge in [0.1, 0.15) is 0 Å². The molecule has 2 N–H and O–H groups in total. The summed E-state index contributed by atoms with van der Waals surface area (Å²) in [6.45, 7) is 6.39. The standard InChI is InChI=1S/C16H31F3N4.HI/c1-13(2)4-8-21-15(20-3)22-9-5-14-6-10-23(11-7-14)12-16(17,18)19;/h13-14H,4-12H2,1-3H3,(H2,20,21,22);1H. The lowest BCUT2D eigenvalue weighted by molar-refractivity contribution is -0.148. The molecule has 0 unspecified atom stereocenters. The van der Waals surface area contributed by atoms with Crippen LogP contribution in [0.4, 0.5) is 13.2 Å². The fourth-order valence-corrected chi connectivity index (χ4v) is 2.78. The number of halogens is 4. The summed E-state index contributed by atoms with van der Waals surface area (Å²) in [6, 6.07) is 0. The van der Waals surface area contributed by atoms with Crippen LogP contribution in [0, 0.1) is 11.8 Å². The van der Waals surface area contributed by atoms with E-state index in [2.05, 4.69) is 29.5 Å². The summed E-state index contributed by atoms with van der Waals surface area (Å²) in [5.41, 5.74) is 0. The van der Waals surface area contributed by atoms with Crippen LogP contribution < -0.4 is 10.6 Å². The minimum absolute atomic E-state index is 0. The Labute approximate surface area is 161 Å². The van der Waals surface area contributed by atoms with Gasteiger partial charge in [0.25, 0.3) is 0 Å². The smallest absolute Gasteiger partial charge is 0.356 e. The maximum atomic E-state index is 12.3. The summed E-state index contributed by atoms with van der Waals surface area (Å²) in [4.78, 5) is 5.69. The molecule has 1 saturated heterocycles. The predicted molar refractivity (Wildman–Crippen MR) is 104 cm³/mol. The minimum Gasteiger partial charge on any atom is -0.356 e. The molecule has 0 atom stereocenters. The van der Waals surface area contributed by atoms with Gasteiger partial charge in [-0.3, -0.25) is 9.89 Å². The van der Waals surface area contributed by atoms with Crippen LogP contribution >= 0.6 is 24.0 Å². The van der Waals surface area contributed by atoms with Crippen molar-refractivity contribution in [3.05, 3.63) is 0 Å². The van der Waals surface area contributed by atoms with Gasteiger partial charge in [-0.25, -0.2) is 0 Å². The molecule has 0 aromatic carbocycles. The molecular weight excluding hydrogens is 432 g/mol. The van der Waals surface area contributed by atoms with Gasteiger partial charge in [0.2, 0.25) is 0 Å². The van der Waals surface area contributed by atoms with Gasteiger partial charge in [-0.05, 0) is 50.6 Å². The first-order valence-electron chi connectivity index (χ1n) is 8.53. The van der Waals surface area contributed by atoms with E-state index < -0.39 is 12.7 Å². The van der Waals surface area contributed by atoms with E-state index in [1.807, 2.05) is 0 Å². The molecule has 8 heteroatoms. The molecule has 0 saturated carbocycles. The van der Waals surface area contributed by atoms with Gasteiger partial charge in [-0.1, -0.05) is 13.8 Å². The molecule has 144 valence electrons. The first-order valence-corrected chi connectivity index (χ1v) is 8.53. The van der Waals surface area contributed by atoms with Crippen LogP contribution in [0.25, 0.3) is 0 Å². The molecule has 1 aliphatic rings. The highest BCUT2D eigenvalue weighted by Gasteiger charge is 2.32. The number of aliphatic imine (C=N–C) groups is 1. The molecule has 0 aliphatic carbocycles. The van der Waals surface area contributed by atoms with Crippen LogP contribution in [-0.2, 0) is 0 Å². The Morgan fingerprint density at radius 1 is 1.17 bits per heavy atom. The average Bonchev–Trinajstić information content (AvgIpc) is 2.45. The fourth-order valence-electron chi connectivity index (χ4n) is 2.78. The van der Waals surface area contributed by atoms with Crippen molar-refractivity contribution in [3.8, 4) is 0 Å². The van der Waals surface area contributed by atoms with Crippen molar-refractivity contribution in [2.75, 3.05) is 39.8 Å². The summed E-state index contributed by atoms with van der Waals surface area (Å²) in [6.07, 6.45) is -0.320. The average molecular weight is 464 g/mol. The monoisotopic (exact) mass is 464 g/mol. The molecule has 24 heavy (non-hydrogen) atoms. The number of nitrogens with zero attached hydrogens (tertiary/aromatic N) is 2. The van der Waals surface area contributed by atoms with Gasteiger partial charge in [0.05, 0.1) is 6.54 Å². The van der Waals surface area contributed by atoms with Crippen molar-refractivity contribution >= 4 is 29.9 Å². The zero-order chi connectivity index (χ0) is 17.3. The molecule has 0 bridgehead atoms. The van der Waals surface area contributed by atoms with Crippen molar-refractivity contribution in [2.45, 2.75) is 45.7 Å². The molecule has 0 aromatic heterocycles. The largest absolute Gasteiger partial charge is 0.401 e. The lowest BCUT2D eigenvalue weighted by atomic mass is 9.93. The molecule has 1 fully saturated rings. The Kier molecular flexibility index (Phi) is 12.0. The number of nitrogens with one attached hydrogen (secondary N) is 2. The number of piperidine rings is 1. The number of rotatable bonds is 7. The zero-order valence-corrected chi connectivity index (χ0v) is 17.3. The van der Waals surface area contributed by atoms with E-state index >= 15 is 0 Å². The van der Waals surface area contributed by atoms with Crippen LogP contribution in [0.2, 0.25) is 0 Å². The third kappa shape index (κ3) is 11.3. The van der Waals surface area contributed by atoms with E-state index in [0.29, 0.717) is 24.9 Å². The molecule has 1 heterocycles. The first kappa shape index (κ1) is 23.8. The number of alkyl halides is 3. The quantitative estimate of drug-likeness (QED) is 0.345. The summed E-state index contributed by atoms with van der Waals surface area (Å²) in [7, 11) is 1.75. The second-order valence-corrected chi connectivity index (χ2v) is 6.73. The molecule has 0 spiro atoms. The molecule has 1 rings (SSSR count). The number of hydrogen-bond acceptors (Lipinski definition) is 2. The summed E-state index contributed by atoms with van der Waals surface area (Å²) in [5.74, 6) is 1.96. The van der Waals surface area contributed by atoms with E-state index in [0.717, 1.165) is 44.7 Å². The second-order valence-electron chi connectivity index (χ2n) is 6.73. The summed E-state index contributed by atoms with van der Waals surface area (Å²) in [5, 5.41) is 6.56. The van der Waals surface area contributed by atoms with E-state index in [9.17, 15) is 13.2 Å². The van der Waals surface area contributed by atoms with Crippen LogP contribution in [0.5, 0.6) is 0 Å². The van der Waals surface area contributed by atoms with E-state index in [1.165, 1.54) is 4.90 Å². The number of likely N-dealkylation sites (tertiary alicyclic amines) is 1. The van der Waals surface area contributed by atoms with Gasteiger partial charge in [0, 0.05) is 20.1 Å². The molecule has 0 radical (unpaired) electrons. The first-order chi connectivity index (χ1) is 10.8. The SMILES string of the molecule is CN=C(NCCC(C)C)NCCC1CCN(CC(F)(F)F)CC1.I. The van der Waals surface area contributed by atoms with Crippen molar-refractivity contribution in [1.29, 1.82) is 0 Å². The van der Waals surface area contributed by atoms with Gasteiger partial charge >= 0.3 is 6.18 Å². The highest BCUT2D eigenvalue weighted by atomic mass is 127. The molecular formula is C16H32F3IN4. The van der Waals surface area contributed by atoms with Crippen LogP contribution in [0.3, 0.4) is 0 Å². The normalized spacial score (nSPS) is 17.7. The van der Waals surface area contributed by atoms with Gasteiger partial charge in [0.15, 0.2) is 5.96 Å². The van der Waals surface area contributed by atoms with Crippen LogP contribution in [-0.4, -0.2) is 56.8 Å². The van der Waals surface area contributed by atoms with Gasteiger partial charge in [-0.15, -0.1) is 24.0 Å². The Bertz CT molecular complexity index is 354. The summed E-state index contributed by atoms with van der Waals surface area (Å²) < 4.78 is 37.0. The molecule has 4 nitrogen and oxygen atoms in total. The Hall–Kier alpha value is -0.250. The Balaban J connectivity index is 0.00000529. The van der Waals surface area contributed by atoms with Crippen molar-refractivity contribution in [2.24, 2.45) is 16.8 Å². The zero-order valence-electron chi connectivity index (χ0n) is 15.0. The molecule has 0 aromatic rings. The van der Waals surface area contributed by atoms with Crippen LogP contribution in [0.1, 0.15) is 39.5 Å². The number of guanidine groups is 1. The molecule has 0 amide bonds. The molecule has 1 aliphatic heterocycles. The highest BCUT2D eigenvalue weighted by molar-refractivity contribution is 14.0. The minimum atomic E-state index is -4.08. The maximum absolute atomic E-state index is 12.3. The topological polar surface area (TPSA) is 39.7 Å². The Morgan fingerprint density at radius 2 is 1.75 bits per heavy atom. The van der Waals surface area contributed by atoms with E-state index in [4.69, 9.17) is 0 Å². The van der Waals surface area contributed by atoms with Gasteiger partial charge in [-0.2, -0.15) is 13.2 Å². The fraction of sp³-hybridized carbons (Fsp3) is 0.938. The van der Waals surface area contributed by atoms with E-state index in [1.54, 1.807) is 7.05 Å². The lowest BCUT2D eigenvalue weighted by Gasteiger charge is -2.32. The summed E-state index contributed by atoms with van der Waals surface area (Å²) >= 11 is 0. The van der Waals surface area contributed by atoms with Gasteiger partial charge < -0.3 is 10.6 Å². The third-order valence-electron chi connectivity index (χ3n) is 4.19.